The molecule has 0 amide bonds. The number of ether oxygens (including phenoxy) is 1. The Morgan fingerprint density at radius 1 is 1.39 bits per heavy atom. The molecule has 1 saturated carbocycles. The molecule has 0 aromatic carbocycles. The second-order valence-electron chi connectivity index (χ2n) is 8.05. The van der Waals surface area contributed by atoms with E-state index in [-0.39, 0.29) is 41.5 Å². The number of nitrogens with one attached hydrogen (secondary N) is 2. The summed E-state index contributed by atoms with van der Waals surface area (Å²) in [5, 5.41) is 21.8. The van der Waals surface area contributed by atoms with Crippen molar-refractivity contribution in [1.29, 1.82) is 0 Å². The number of methoxy groups -OCH3 is 1. The molecule has 1 aromatic heterocycles. The van der Waals surface area contributed by atoms with E-state index in [1.54, 1.807) is 7.11 Å². The molecule has 3 unspecified atom stereocenters. The third-order valence-electron chi connectivity index (χ3n) is 5.74. The predicted octanol–water partition coefficient (Wildman–Crippen LogP) is 1.85. The molecule has 0 spiro atoms. The third-order valence-corrected chi connectivity index (χ3v) is 5.74. The van der Waals surface area contributed by atoms with Gasteiger partial charge < -0.3 is 20.5 Å². The van der Waals surface area contributed by atoms with Crippen molar-refractivity contribution in [2.75, 3.05) is 20.2 Å². The Kier molecular flexibility index (Phi) is 8.94. The van der Waals surface area contributed by atoms with Gasteiger partial charge in [0, 0.05) is 31.5 Å². The number of hydrogen-bond donors (Lipinski definition) is 3. The van der Waals surface area contributed by atoms with E-state index < -0.39 is 0 Å². The molecule has 9 heteroatoms. The molecule has 0 bridgehead atoms. The van der Waals surface area contributed by atoms with E-state index >= 15 is 0 Å². The molecule has 160 valence electrons. The van der Waals surface area contributed by atoms with Crippen molar-refractivity contribution in [3.63, 3.8) is 0 Å². The maximum absolute atomic E-state index is 10.4. The van der Waals surface area contributed by atoms with Crippen molar-refractivity contribution < 1.29 is 9.84 Å². The molecule has 1 aromatic rings. The molecule has 8 nitrogen and oxygen atoms in total. The third kappa shape index (κ3) is 5.79. The van der Waals surface area contributed by atoms with Crippen molar-refractivity contribution in [2.45, 2.75) is 77.7 Å². The van der Waals surface area contributed by atoms with Gasteiger partial charge in [0.15, 0.2) is 11.8 Å². The van der Waals surface area contributed by atoms with Gasteiger partial charge in [0.25, 0.3) is 0 Å². The average molecular weight is 506 g/mol. The molecule has 2 heterocycles. The Morgan fingerprint density at radius 3 is 2.93 bits per heavy atom. The van der Waals surface area contributed by atoms with E-state index in [1.165, 1.54) is 6.42 Å². The summed E-state index contributed by atoms with van der Waals surface area (Å²) in [6.45, 7) is 6.90. The van der Waals surface area contributed by atoms with Crippen molar-refractivity contribution in [3.8, 4) is 0 Å². The maximum atomic E-state index is 10.4. The van der Waals surface area contributed by atoms with Gasteiger partial charge in [-0.15, -0.1) is 24.0 Å². The highest BCUT2D eigenvalue weighted by atomic mass is 127. The number of aliphatic hydroxyl groups excluding tert-OH is 1. The molecule has 1 fully saturated rings. The van der Waals surface area contributed by atoms with Crippen LogP contribution in [0.3, 0.4) is 0 Å². The smallest absolute Gasteiger partial charge is 0.191 e. The second-order valence-corrected chi connectivity index (χ2v) is 8.05. The van der Waals surface area contributed by atoms with Gasteiger partial charge in [0.2, 0.25) is 0 Å². The van der Waals surface area contributed by atoms with E-state index in [4.69, 9.17) is 9.73 Å². The molecule has 1 aliphatic heterocycles. The fraction of sp³-hybridized carbons (Fsp3) is 0.842. The van der Waals surface area contributed by atoms with Gasteiger partial charge in [-0.05, 0) is 26.2 Å². The number of aliphatic imine (C=N–C) groups is 1. The topological polar surface area (TPSA) is 96.6 Å². The van der Waals surface area contributed by atoms with Gasteiger partial charge >= 0.3 is 0 Å². The van der Waals surface area contributed by atoms with E-state index in [2.05, 4.69) is 34.6 Å². The largest absolute Gasteiger partial charge is 0.392 e. The van der Waals surface area contributed by atoms with Crippen LogP contribution < -0.4 is 10.6 Å². The normalized spacial score (nSPS) is 27.6. The molecule has 2 aliphatic rings. The van der Waals surface area contributed by atoms with Crippen molar-refractivity contribution >= 4 is 29.9 Å². The minimum atomic E-state index is -0.260. The molecule has 1 aliphatic carbocycles. The number of nitrogens with zero attached hydrogens (tertiary/aromatic N) is 4. The highest BCUT2D eigenvalue weighted by Gasteiger charge is 2.35. The maximum Gasteiger partial charge on any atom is 0.191 e. The summed E-state index contributed by atoms with van der Waals surface area (Å²) < 4.78 is 7.11. The lowest BCUT2D eigenvalue weighted by atomic mass is 9.73. The lowest BCUT2D eigenvalue weighted by Crippen LogP contribution is -2.48. The molecule has 3 atom stereocenters. The summed E-state index contributed by atoms with van der Waals surface area (Å²) >= 11 is 0. The first-order valence-corrected chi connectivity index (χ1v) is 10.2. The van der Waals surface area contributed by atoms with Gasteiger partial charge in [0.05, 0.1) is 19.2 Å². The standard InChI is InChI=1S/C19H34N6O2.HI/c1-4-20-18(21-13-19(2)10-6-5-7-15(19)26)22-14-8-9-17-23-16(12-27-3)24-25(17)11-14;/h14-15,26H,4-13H2,1-3H3,(H2,20,21,22);1H. The highest BCUT2D eigenvalue weighted by molar-refractivity contribution is 14.0. The van der Waals surface area contributed by atoms with Crippen molar-refractivity contribution in [3.05, 3.63) is 11.6 Å². The van der Waals surface area contributed by atoms with Crippen LogP contribution in [0.25, 0.3) is 0 Å². The van der Waals surface area contributed by atoms with E-state index in [0.29, 0.717) is 13.2 Å². The quantitative estimate of drug-likeness (QED) is 0.310. The van der Waals surface area contributed by atoms with Crippen LogP contribution in [0.4, 0.5) is 0 Å². The van der Waals surface area contributed by atoms with Gasteiger partial charge in [-0.1, -0.05) is 19.8 Å². The van der Waals surface area contributed by atoms with Crippen LogP contribution in [0.2, 0.25) is 0 Å². The predicted molar refractivity (Wildman–Crippen MR) is 120 cm³/mol. The Balaban J connectivity index is 0.00000280. The summed E-state index contributed by atoms with van der Waals surface area (Å²) in [5.74, 6) is 2.59. The first-order valence-electron chi connectivity index (χ1n) is 10.2. The molecule has 0 saturated heterocycles. The van der Waals surface area contributed by atoms with Gasteiger partial charge in [-0.2, -0.15) is 5.10 Å². The number of guanidine groups is 1. The summed E-state index contributed by atoms with van der Waals surface area (Å²) in [4.78, 5) is 9.34. The lowest BCUT2D eigenvalue weighted by Gasteiger charge is -2.37. The van der Waals surface area contributed by atoms with Crippen molar-refractivity contribution in [1.82, 2.24) is 25.4 Å². The number of aromatic nitrogens is 3. The van der Waals surface area contributed by atoms with E-state index in [1.807, 2.05) is 4.68 Å². The van der Waals surface area contributed by atoms with Crippen molar-refractivity contribution in [2.24, 2.45) is 10.4 Å². The van der Waals surface area contributed by atoms with Crippen LogP contribution in [0, 0.1) is 5.41 Å². The van der Waals surface area contributed by atoms with Crippen LogP contribution in [-0.2, 0) is 24.3 Å². The number of aryl methyl sites for hydroxylation is 1. The zero-order valence-electron chi connectivity index (χ0n) is 17.3. The first kappa shape index (κ1) is 23.3. The SMILES string of the molecule is CCNC(=NCC1(C)CCCCC1O)NC1CCc2nc(COC)nn2C1.I. The Morgan fingerprint density at radius 2 is 2.21 bits per heavy atom. The van der Waals surface area contributed by atoms with Crippen LogP contribution in [0.5, 0.6) is 0 Å². The zero-order chi connectivity index (χ0) is 19.3. The number of fused-ring (bicyclic) bond motifs is 1. The van der Waals surface area contributed by atoms with Crippen LogP contribution in [0.15, 0.2) is 4.99 Å². The van der Waals surface area contributed by atoms with Gasteiger partial charge in [-0.25, -0.2) is 9.67 Å². The number of aliphatic hydroxyl groups is 1. The van der Waals surface area contributed by atoms with Crippen LogP contribution in [0.1, 0.15) is 57.6 Å². The number of hydrogen-bond acceptors (Lipinski definition) is 5. The molecule has 0 radical (unpaired) electrons. The molecule has 28 heavy (non-hydrogen) atoms. The summed E-state index contributed by atoms with van der Waals surface area (Å²) in [6, 6.07) is 0.261. The average Bonchev–Trinajstić information content (AvgIpc) is 3.05. The summed E-state index contributed by atoms with van der Waals surface area (Å²) in [5.41, 5.74) is -0.124. The molecular formula is C19H35IN6O2. The first-order chi connectivity index (χ1) is 13.0. The van der Waals surface area contributed by atoms with E-state index in [9.17, 15) is 5.11 Å². The fourth-order valence-corrected chi connectivity index (χ4v) is 4.01. The van der Waals surface area contributed by atoms with Crippen LogP contribution in [-0.4, -0.2) is 58.2 Å². The number of rotatable bonds is 6. The highest BCUT2D eigenvalue weighted by Crippen LogP contribution is 2.36. The minimum absolute atomic E-state index is 0. The minimum Gasteiger partial charge on any atom is -0.392 e. The Labute approximate surface area is 184 Å². The molecular weight excluding hydrogens is 471 g/mol. The second kappa shape index (κ2) is 10.7. The molecule has 3 rings (SSSR count). The monoisotopic (exact) mass is 506 g/mol. The fourth-order valence-electron chi connectivity index (χ4n) is 4.01. The van der Waals surface area contributed by atoms with Gasteiger partial charge in [-0.3, -0.25) is 4.99 Å². The van der Waals surface area contributed by atoms with Gasteiger partial charge in [0.1, 0.15) is 12.4 Å². The summed E-state index contributed by atoms with van der Waals surface area (Å²) in [7, 11) is 1.66. The number of halogens is 1. The zero-order valence-corrected chi connectivity index (χ0v) is 19.6. The Bertz CT molecular complexity index is 652. The lowest BCUT2D eigenvalue weighted by molar-refractivity contribution is 0.00715. The van der Waals surface area contributed by atoms with E-state index in [0.717, 1.165) is 62.8 Å². The molecule has 3 N–H and O–H groups in total. The Hall–Kier alpha value is -0.940. The summed E-state index contributed by atoms with van der Waals surface area (Å²) in [6.07, 6.45) is 5.84. The van der Waals surface area contributed by atoms with Crippen LogP contribution >= 0.6 is 24.0 Å².